The number of hydrogen-bond acceptors (Lipinski definition) is 4. The van der Waals surface area contributed by atoms with Gasteiger partial charge in [-0.3, -0.25) is 4.79 Å². The van der Waals surface area contributed by atoms with Crippen LogP contribution in [0.5, 0.6) is 5.75 Å². The van der Waals surface area contributed by atoms with Crippen molar-refractivity contribution in [3.63, 3.8) is 0 Å². The zero-order valence-electron chi connectivity index (χ0n) is 17.7. The third-order valence-electron chi connectivity index (χ3n) is 5.12. The molecule has 1 aromatic heterocycles. The third-order valence-corrected chi connectivity index (χ3v) is 6.37. The number of carbonyl (C=O) groups is 2. The second-order valence-corrected chi connectivity index (χ2v) is 8.65. The van der Waals surface area contributed by atoms with Gasteiger partial charge in [0.25, 0.3) is 0 Å². The van der Waals surface area contributed by atoms with E-state index in [4.69, 9.17) is 9.84 Å². The Labute approximate surface area is 187 Å². The lowest BCUT2D eigenvalue weighted by Gasteiger charge is -2.10. The van der Waals surface area contributed by atoms with Crippen LogP contribution in [0, 0.1) is 0 Å². The Kier molecular flexibility index (Phi) is 7.23. The lowest BCUT2D eigenvalue weighted by atomic mass is 10.0. The van der Waals surface area contributed by atoms with Gasteiger partial charge < -0.3 is 9.84 Å². The van der Waals surface area contributed by atoms with E-state index in [0.717, 1.165) is 34.7 Å². The van der Waals surface area contributed by atoms with Gasteiger partial charge in [0.2, 0.25) is 0 Å². The Morgan fingerprint density at radius 3 is 2.38 bits per heavy atom. The molecule has 4 nitrogen and oxygen atoms in total. The molecule has 0 aliphatic heterocycles. The molecule has 1 N–H and O–H groups in total. The van der Waals surface area contributed by atoms with E-state index >= 15 is 0 Å². The summed E-state index contributed by atoms with van der Waals surface area (Å²) >= 11 is 1.32. The number of benzene rings is 2. The molecule has 0 aliphatic rings. The number of aliphatic carboxylic acids is 1. The Morgan fingerprint density at radius 2 is 1.78 bits per heavy atom. The number of Topliss-reactive ketones (excluding diaryl/α,β-unsaturated/α-hetero) is 1. The molecular weight excluding hydrogens is 441 g/mol. The number of ketones is 1. The van der Waals surface area contributed by atoms with E-state index in [1.54, 1.807) is 24.3 Å². The summed E-state index contributed by atoms with van der Waals surface area (Å²) < 4.78 is 45.1. The van der Waals surface area contributed by atoms with Crippen molar-refractivity contribution in [2.24, 2.45) is 0 Å². The average molecular weight is 465 g/mol. The number of halogens is 3. The number of hydrogen-bond donors (Lipinski definition) is 1. The van der Waals surface area contributed by atoms with Crippen LogP contribution in [0.25, 0.3) is 10.1 Å². The number of rotatable bonds is 9. The minimum atomic E-state index is -4.39. The molecule has 8 heteroatoms. The van der Waals surface area contributed by atoms with Gasteiger partial charge in [-0.25, -0.2) is 4.79 Å². The summed E-state index contributed by atoms with van der Waals surface area (Å²) in [4.78, 5) is 24.5. The normalized spacial score (nSPS) is 12.7. The Hall–Kier alpha value is -2.87. The van der Waals surface area contributed by atoms with E-state index < -0.39 is 23.8 Å². The number of fused-ring (bicyclic) bond motifs is 1. The molecule has 170 valence electrons. The quantitative estimate of drug-likeness (QED) is 0.365. The summed E-state index contributed by atoms with van der Waals surface area (Å²) in [6.45, 7) is 3.43. The molecule has 0 aliphatic carbocycles. The first-order valence-corrected chi connectivity index (χ1v) is 11.1. The second kappa shape index (κ2) is 9.73. The van der Waals surface area contributed by atoms with Crippen LogP contribution in [0.3, 0.4) is 0 Å². The summed E-state index contributed by atoms with van der Waals surface area (Å²) in [6.07, 6.45) is -3.13. The number of ether oxygens (including phenoxy) is 1. The zero-order chi connectivity index (χ0) is 23.5. The maximum absolute atomic E-state index is 13.1. The average Bonchev–Trinajstić information content (AvgIpc) is 3.09. The molecule has 1 atom stereocenters. The van der Waals surface area contributed by atoms with Crippen molar-refractivity contribution in [2.75, 3.05) is 0 Å². The molecule has 0 saturated carbocycles. The summed E-state index contributed by atoms with van der Waals surface area (Å²) in [7, 11) is 0. The molecule has 0 saturated heterocycles. The maximum Gasteiger partial charge on any atom is 0.416 e. The van der Waals surface area contributed by atoms with E-state index in [9.17, 15) is 22.8 Å². The Balaban J connectivity index is 1.75. The number of aryl methyl sites for hydroxylation is 2. The summed E-state index contributed by atoms with van der Waals surface area (Å²) in [6, 6.07) is 10.1. The van der Waals surface area contributed by atoms with Crippen LogP contribution >= 0.6 is 11.3 Å². The molecule has 0 bridgehead atoms. The second-order valence-electron chi connectivity index (χ2n) is 7.51. The fourth-order valence-corrected chi connectivity index (χ4v) is 4.74. The lowest BCUT2D eigenvalue weighted by molar-refractivity contribution is -0.144. The van der Waals surface area contributed by atoms with Crippen molar-refractivity contribution in [3.8, 4) is 5.75 Å². The molecule has 0 spiro atoms. The standard InChI is InChI=1S/C24H23F3O4S/c1-3-4-18-19-10-7-16(24(25,26)27)13-22(19)32-21(18)12-11-20(28)15-5-8-17(9-6-15)31-14(2)23(29)30/h5-10,13-14H,3-4,11-12H2,1-2H3,(H,29,30). The largest absolute Gasteiger partial charge is 0.479 e. The first-order valence-electron chi connectivity index (χ1n) is 10.2. The molecule has 0 amide bonds. The third kappa shape index (κ3) is 5.48. The van der Waals surface area contributed by atoms with Crippen molar-refractivity contribution in [1.29, 1.82) is 0 Å². The molecule has 1 heterocycles. The van der Waals surface area contributed by atoms with Gasteiger partial charge in [0.05, 0.1) is 5.56 Å². The van der Waals surface area contributed by atoms with E-state index in [1.807, 2.05) is 6.92 Å². The van der Waals surface area contributed by atoms with Crippen molar-refractivity contribution >= 4 is 33.2 Å². The first-order chi connectivity index (χ1) is 15.1. The van der Waals surface area contributed by atoms with E-state index in [0.29, 0.717) is 22.4 Å². The highest BCUT2D eigenvalue weighted by Crippen LogP contribution is 2.38. The van der Waals surface area contributed by atoms with Crippen LogP contribution in [0.15, 0.2) is 42.5 Å². The fourth-order valence-electron chi connectivity index (χ4n) is 3.45. The highest BCUT2D eigenvalue weighted by atomic mass is 32.1. The molecule has 2 aromatic carbocycles. The fraction of sp³-hybridized carbons (Fsp3) is 0.333. The number of carboxylic acid groups (broad SMARTS) is 1. The van der Waals surface area contributed by atoms with E-state index in [1.165, 1.54) is 30.4 Å². The van der Waals surface area contributed by atoms with Gasteiger partial charge in [0.15, 0.2) is 11.9 Å². The van der Waals surface area contributed by atoms with Crippen LogP contribution in [0.2, 0.25) is 0 Å². The number of thiophene rings is 1. The number of carbonyl (C=O) groups excluding carboxylic acids is 1. The van der Waals surface area contributed by atoms with Gasteiger partial charge in [0.1, 0.15) is 5.75 Å². The summed E-state index contributed by atoms with van der Waals surface area (Å²) in [5, 5.41) is 9.72. The van der Waals surface area contributed by atoms with Crippen LogP contribution in [-0.2, 0) is 23.8 Å². The van der Waals surface area contributed by atoms with E-state index in [-0.39, 0.29) is 12.2 Å². The molecule has 0 radical (unpaired) electrons. The van der Waals surface area contributed by atoms with Gasteiger partial charge in [-0.1, -0.05) is 19.4 Å². The zero-order valence-corrected chi connectivity index (χ0v) is 18.5. The highest BCUT2D eigenvalue weighted by Gasteiger charge is 2.31. The summed E-state index contributed by atoms with van der Waals surface area (Å²) in [5.74, 6) is -0.830. The predicted octanol–water partition coefficient (Wildman–Crippen LogP) is 6.54. The van der Waals surface area contributed by atoms with Gasteiger partial charge in [-0.15, -0.1) is 11.3 Å². The van der Waals surface area contributed by atoms with Crippen LogP contribution in [0.4, 0.5) is 13.2 Å². The molecule has 3 rings (SSSR count). The molecule has 1 unspecified atom stereocenters. The van der Waals surface area contributed by atoms with Crippen molar-refractivity contribution in [3.05, 3.63) is 64.0 Å². The number of carboxylic acids is 1. The Morgan fingerprint density at radius 1 is 1.09 bits per heavy atom. The monoisotopic (exact) mass is 464 g/mol. The molecule has 0 fully saturated rings. The first kappa shape index (κ1) is 23.8. The molecule has 3 aromatic rings. The van der Waals surface area contributed by atoms with Crippen molar-refractivity contribution < 1.29 is 32.6 Å². The van der Waals surface area contributed by atoms with Crippen molar-refractivity contribution in [1.82, 2.24) is 0 Å². The van der Waals surface area contributed by atoms with Crippen LogP contribution in [0.1, 0.15) is 53.1 Å². The topological polar surface area (TPSA) is 63.6 Å². The molecule has 32 heavy (non-hydrogen) atoms. The van der Waals surface area contributed by atoms with Crippen LogP contribution < -0.4 is 4.74 Å². The van der Waals surface area contributed by atoms with Crippen molar-refractivity contribution in [2.45, 2.75) is 51.8 Å². The predicted molar refractivity (Wildman–Crippen MR) is 118 cm³/mol. The van der Waals surface area contributed by atoms with Gasteiger partial charge >= 0.3 is 12.1 Å². The Bertz CT molecular complexity index is 1120. The van der Waals surface area contributed by atoms with Gasteiger partial charge in [-0.05, 0) is 67.1 Å². The molecular formula is C24H23F3O4S. The summed E-state index contributed by atoms with van der Waals surface area (Å²) in [5.41, 5.74) is 0.815. The van der Waals surface area contributed by atoms with E-state index in [2.05, 4.69) is 0 Å². The minimum Gasteiger partial charge on any atom is -0.479 e. The maximum atomic E-state index is 13.1. The van der Waals surface area contributed by atoms with Gasteiger partial charge in [0, 0.05) is 21.6 Å². The smallest absolute Gasteiger partial charge is 0.416 e. The van der Waals surface area contributed by atoms with Gasteiger partial charge in [-0.2, -0.15) is 13.2 Å². The lowest BCUT2D eigenvalue weighted by Crippen LogP contribution is -2.22. The number of alkyl halides is 3. The SMILES string of the molecule is CCCc1c(CCC(=O)c2ccc(OC(C)C(=O)O)cc2)sc2cc(C(F)(F)F)ccc12. The minimum absolute atomic E-state index is 0.0984. The highest BCUT2D eigenvalue weighted by molar-refractivity contribution is 7.19. The van der Waals surface area contributed by atoms with Crippen LogP contribution in [-0.4, -0.2) is 23.0 Å².